The van der Waals surface area contributed by atoms with Crippen molar-refractivity contribution in [3.63, 3.8) is 0 Å². The van der Waals surface area contributed by atoms with Gasteiger partial charge in [0, 0.05) is 42.2 Å². The largest absolute Gasteiger partial charge is 0.495 e. The number of hydrogen-bond donors (Lipinski definition) is 0. The molecule has 0 spiro atoms. The minimum Gasteiger partial charge on any atom is -0.495 e. The molecular formula is C22H21BrCl3N3O4S. The number of alkyl halides is 3. The van der Waals surface area contributed by atoms with Crippen LogP contribution in [0.25, 0.3) is 10.9 Å². The fourth-order valence-electron chi connectivity index (χ4n) is 4.06. The summed E-state index contributed by atoms with van der Waals surface area (Å²) in [4.78, 5) is 15.8. The van der Waals surface area contributed by atoms with E-state index in [1.807, 2.05) is 24.0 Å². The van der Waals surface area contributed by atoms with Crippen LogP contribution in [-0.4, -0.2) is 60.3 Å². The zero-order chi connectivity index (χ0) is 24.8. The number of amides is 1. The number of anilines is 1. The number of carbonyl (C=O) groups excluding carboxylic acids is 1. The van der Waals surface area contributed by atoms with E-state index < -0.39 is 19.7 Å². The van der Waals surface area contributed by atoms with Gasteiger partial charge in [0.05, 0.1) is 23.2 Å². The number of fused-ring (bicyclic) bond motifs is 1. The summed E-state index contributed by atoms with van der Waals surface area (Å²) in [5, 5.41) is 0.857. The van der Waals surface area contributed by atoms with Crippen molar-refractivity contribution in [2.45, 2.75) is 15.6 Å². The van der Waals surface area contributed by atoms with E-state index in [0.717, 1.165) is 15.4 Å². The first-order valence-corrected chi connectivity index (χ1v) is 13.6. The summed E-state index contributed by atoms with van der Waals surface area (Å²) in [6.45, 7) is 3.36. The third-order valence-electron chi connectivity index (χ3n) is 5.79. The number of rotatable bonds is 4. The van der Waals surface area contributed by atoms with E-state index in [1.54, 1.807) is 24.4 Å². The van der Waals surface area contributed by atoms with Gasteiger partial charge in [0.1, 0.15) is 5.75 Å². The van der Waals surface area contributed by atoms with Gasteiger partial charge >= 0.3 is 0 Å². The molecule has 0 unspecified atom stereocenters. The average Bonchev–Trinajstić information content (AvgIpc) is 3.13. The number of carbonyl (C=O) groups is 1. The predicted molar refractivity (Wildman–Crippen MR) is 139 cm³/mol. The summed E-state index contributed by atoms with van der Waals surface area (Å²) in [6, 6.07) is 10.3. The highest BCUT2D eigenvalue weighted by Gasteiger charge is 2.37. The van der Waals surface area contributed by atoms with Crippen LogP contribution in [0.5, 0.6) is 5.75 Å². The number of aromatic nitrogens is 1. The Morgan fingerprint density at radius 3 is 2.35 bits per heavy atom. The minimum absolute atomic E-state index is 0.125. The number of hydrogen-bond acceptors (Lipinski definition) is 5. The van der Waals surface area contributed by atoms with Gasteiger partial charge in [-0.1, -0.05) is 56.8 Å². The molecule has 0 aliphatic carbocycles. The first-order chi connectivity index (χ1) is 15.9. The van der Waals surface area contributed by atoms with Gasteiger partial charge in [0.2, 0.25) is 0 Å². The van der Waals surface area contributed by atoms with E-state index in [-0.39, 0.29) is 4.90 Å². The number of piperazine rings is 1. The van der Waals surface area contributed by atoms with Gasteiger partial charge in [-0.25, -0.2) is 12.4 Å². The SMILES string of the molecule is COc1ccc(S(=O)(=O)n2cc(C)c3ccc(Br)cc32)cc1N1CCN(C(=O)C(Cl)(Cl)Cl)CC1. The van der Waals surface area contributed by atoms with Crippen molar-refractivity contribution >= 4 is 83.3 Å². The van der Waals surface area contributed by atoms with Crippen molar-refractivity contribution < 1.29 is 17.9 Å². The second-order valence-electron chi connectivity index (χ2n) is 7.89. The van der Waals surface area contributed by atoms with Crippen LogP contribution in [0.4, 0.5) is 5.69 Å². The molecule has 34 heavy (non-hydrogen) atoms. The molecule has 0 saturated carbocycles. The molecule has 4 rings (SSSR count). The highest BCUT2D eigenvalue weighted by Crippen LogP contribution is 2.35. The van der Waals surface area contributed by atoms with Crippen LogP contribution < -0.4 is 9.64 Å². The van der Waals surface area contributed by atoms with Gasteiger partial charge < -0.3 is 14.5 Å². The summed E-state index contributed by atoms with van der Waals surface area (Å²) in [7, 11) is -2.37. The van der Waals surface area contributed by atoms with E-state index in [1.165, 1.54) is 22.0 Å². The Labute approximate surface area is 221 Å². The molecule has 7 nitrogen and oxygen atoms in total. The van der Waals surface area contributed by atoms with Crippen molar-refractivity contribution in [2.75, 3.05) is 38.2 Å². The van der Waals surface area contributed by atoms with Gasteiger partial charge in [0.25, 0.3) is 19.7 Å². The van der Waals surface area contributed by atoms with E-state index >= 15 is 0 Å². The Hall–Kier alpha value is -1.65. The fourth-order valence-corrected chi connectivity index (χ4v) is 6.20. The maximum Gasteiger partial charge on any atom is 0.274 e. The molecule has 2 aromatic carbocycles. The smallest absolute Gasteiger partial charge is 0.274 e. The van der Waals surface area contributed by atoms with Gasteiger partial charge in [-0.3, -0.25) is 4.79 Å². The third kappa shape index (κ3) is 4.73. The molecule has 1 fully saturated rings. The van der Waals surface area contributed by atoms with Gasteiger partial charge in [-0.05, 0) is 42.8 Å². The summed E-state index contributed by atoms with van der Waals surface area (Å²) in [5.74, 6) is -0.0575. The van der Waals surface area contributed by atoms with Crippen molar-refractivity contribution in [1.29, 1.82) is 0 Å². The Bertz CT molecular complexity index is 1360. The zero-order valence-electron chi connectivity index (χ0n) is 18.3. The summed E-state index contributed by atoms with van der Waals surface area (Å²) < 4.78 is 32.9. The lowest BCUT2D eigenvalue weighted by Gasteiger charge is -2.37. The maximum absolute atomic E-state index is 13.7. The number of methoxy groups -OCH3 is 1. The molecule has 1 saturated heterocycles. The number of aryl methyl sites for hydroxylation is 1. The first-order valence-electron chi connectivity index (χ1n) is 10.3. The van der Waals surface area contributed by atoms with Gasteiger partial charge in [-0.2, -0.15) is 0 Å². The average molecular weight is 610 g/mol. The van der Waals surface area contributed by atoms with Crippen molar-refractivity contribution in [2.24, 2.45) is 0 Å². The van der Waals surface area contributed by atoms with Crippen LogP contribution in [0.3, 0.4) is 0 Å². The van der Waals surface area contributed by atoms with Crippen LogP contribution in [0.2, 0.25) is 0 Å². The van der Waals surface area contributed by atoms with Gasteiger partial charge in [0.15, 0.2) is 0 Å². The molecule has 1 aliphatic rings. The molecule has 3 aromatic rings. The highest BCUT2D eigenvalue weighted by molar-refractivity contribution is 9.10. The van der Waals surface area contributed by atoms with Gasteiger partial charge in [-0.15, -0.1) is 0 Å². The topological polar surface area (TPSA) is 71.9 Å². The van der Waals surface area contributed by atoms with Crippen LogP contribution in [-0.2, 0) is 14.8 Å². The van der Waals surface area contributed by atoms with E-state index in [2.05, 4.69) is 15.9 Å². The maximum atomic E-state index is 13.7. The van der Waals surface area contributed by atoms with Crippen molar-refractivity contribution in [3.05, 3.63) is 52.6 Å². The Kier molecular flexibility index (Phi) is 7.05. The molecule has 0 bridgehead atoms. The molecule has 0 N–H and O–H groups in total. The van der Waals surface area contributed by atoms with Crippen LogP contribution >= 0.6 is 50.7 Å². The first kappa shape index (κ1) is 25.4. The molecular weight excluding hydrogens is 589 g/mol. The van der Waals surface area contributed by atoms with Crippen LogP contribution in [0.1, 0.15) is 5.56 Å². The monoisotopic (exact) mass is 607 g/mol. The molecule has 2 heterocycles. The Balaban J connectivity index is 1.69. The quantitative estimate of drug-likeness (QED) is 0.391. The zero-order valence-corrected chi connectivity index (χ0v) is 22.9. The fraction of sp³-hybridized carbons (Fsp3) is 0.318. The Morgan fingerprint density at radius 2 is 1.74 bits per heavy atom. The molecule has 1 amide bonds. The molecule has 0 atom stereocenters. The minimum atomic E-state index is -3.89. The molecule has 182 valence electrons. The van der Waals surface area contributed by atoms with E-state index in [0.29, 0.717) is 43.1 Å². The van der Waals surface area contributed by atoms with Crippen molar-refractivity contribution in [1.82, 2.24) is 8.87 Å². The van der Waals surface area contributed by atoms with Crippen molar-refractivity contribution in [3.8, 4) is 5.75 Å². The lowest BCUT2D eigenvalue weighted by atomic mass is 10.2. The van der Waals surface area contributed by atoms with E-state index in [9.17, 15) is 13.2 Å². The normalized spacial score (nSPS) is 15.1. The lowest BCUT2D eigenvalue weighted by molar-refractivity contribution is -0.130. The number of benzene rings is 2. The number of nitrogens with zero attached hydrogens (tertiary/aromatic N) is 3. The van der Waals surface area contributed by atoms with Crippen LogP contribution in [0, 0.1) is 6.92 Å². The van der Waals surface area contributed by atoms with E-state index in [4.69, 9.17) is 39.5 Å². The summed E-state index contributed by atoms with van der Waals surface area (Å²) in [6.07, 6.45) is 1.62. The molecule has 12 heteroatoms. The molecule has 1 aliphatic heterocycles. The molecule has 0 radical (unpaired) electrons. The van der Waals surface area contributed by atoms with Crippen LogP contribution in [0.15, 0.2) is 52.0 Å². The molecule has 1 aromatic heterocycles. The second kappa shape index (κ2) is 9.43. The predicted octanol–water partition coefficient (Wildman–Crippen LogP) is 4.98. The number of halogens is 4. The lowest BCUT2D eigenvalue weighted by Crippen LogP contribution is -2.51. The standard InChI is InChI=1S/C22H21BrCl3N3O4S/c1-14-13-29(18-11-15(23)3-5-17(14)18)34(31,32)16-4-6-20(33-2)19(12-16)27-7-9-28(10-8-27)21(30)22(24,25)26/h3-6,11-13H,7-10H2,1-2H3. The second-order valence-corrected chi connectivity index (χ2v) is 12.9. The summed E-state index contributed by atoms with van der Waals surface area (Å²) in [5.41, 5.74) is 2.05. The Morgan fingerprint density at radius 1 is 1.06 bits per heavy atom. The third-order valence-corrected chi connectivity index (χ3v) is 8.44. The highest BCUT2D eigenvalue weighted by atomic mass is 79.9. The summed E-state index contributed by atoms with van der Waals surface area (Å²) >= 11 is 20.6. The number of ether oxygens (including phenoxy) is 1.